The lowest BCUT2D eigenvalue weighted by Gasteiger charge is -2.03. The summed E-state index contributed by atoms with van der Waals surface area (Å²) >= 11 is 1.13. The predicted octanol–water partition coefficient (Wildman–Crippen LogP) is 2.50. The summed E-state index contributed by atoms with van der Waals surface area (Å²) in [7, 11) is 1.54. The molecule has 0 atom stereocenters. The van der Waals surface area contributed by atoms with Crippen LogP contribution in [-0.2, 0) is 12.7 Å². The van der Waals surface area contributed by atoms with E-state index in [1.807, 2.05) is 0 Å². The second kappa shape index (κ2) is 7.79. The van der Waals surface area contributed by atoms with Gasteiger partial charge in [-0.05, 0) is 36.4 Å². The molecule has 6 nitrogen and oxygen atoms in total. The first-order valence-corrected chi connectivity index (χ1v) is 9.66. The monoisotopic (exact) mass is 433 g/mol. The van der Waals surface area contributed by atoms with Gasteiger partial charge in [0.15, 0.2) is 18.5 Å². The molecule has 4 rings (SSSR count). The van der Waals surface area contributed by atoms with Crippen LogP contribution < -0.4 is 15.3 Å². The maximum Gasteiger partial charge on any atom is 0.433 e. The number of alkyl halides is 3. The second-order valence-corrected chi connectivity index (χ2v) is 7.39. The SMILES string of the molecule is COc1ccc(C[NH+]=Cc2c(C(F)(F)F)[nH]n(-c3nc4ccccc4s3)c2=O)cc1. The summed E-state index contributed by atoms with van der Waals surface area (Å²) in [5.41, 5.74) is -1.04. The Bertz CT molecular complexity index is 1240. The lowest BCUT2D eigenvalue weighted by Crippen LogP contribution is -2.67. The zero-order chi connectivity index (χ0) is 21.3. The van der Waals surface area contributed by atoms with Crippen LogP contribution >= 0.6 is 11.3 Å². The summed E-state index contributed by atoms with van der Waals surface area (Å²) in [6.45, 7) is 0.243. The molecule has 0 aliphatic carbocycles. The van der Waals surface area contributed by atoms with Crippen molar-refractivity contribution < 1.29 is 22.9 Å². The normalized spacial score (nSPS) is 12.1. The predicted molar refractivity (Wildman–Crippen MR) is 107 cm³/mol. The Morgan fingerprint density at radius 1 is 1.20 bits per heavy atom. The number of para-hydroxylation sites is 1. The largest absolute Gasteiger partial charge is 0.497 e. The molecule has 0 amide bonds. The first kappa shape index (κ1) is 19.9. The molecule has 30 heavy (non-hydrogen) atoms. The summed E-state index contributed by atoms with van der Waals surface area (Å²) in [5.74, 6) is 0.673. The molecule has 0 spiro atoms. The number of halogens is 3. The van der Waals surface area contributed by atoms with E-state index >= 15 is 0 Å². The Morgan fingerprint density at radius 2 is 1.93 bits per heavy atom. The van der Waals surface area contributed by atoms with Gasteiger partial charge in [-0.25, -0.2) is 9.98 Å². The topological polar surface area (TPSA) is 73.9 Å². The van der Waals surface area contributed by atoms with E-state index in [-0.39, 0.29) is 11.7 Å². The number of ether oxygens (including phenoxy) is 1. The number of hydrogen-bond donors (Lipinski definition) is 2. The van der Waals surface area contributed by atoms with Gasteiger partial charge in [-0.3, -0.25) is 9.89 Å². The fraction of sp³-hybridized carbons (Fsp3) is 0.150. The van der Waals surface area contributed by atoms with Gasteiger partial charge in [0.25, 0.3) is 5.56 Å². The highest BCUT2D eigenvalue weighted by Gasteiger charge is 2.38. The molecule has 2 aromatic carbocycles. The Balaban J connectivity index is 1.70. The van der Waals surface area contributed by atoms with Gasteiger partial charge in [-0.15, -0.1) is 0 Å². The van der Waals surface area contributed by atoms with Crippen molar-refractivity contribution >= 4 is 27.8 Å². The first-order chi connectivity index (χ1) is 14.4. The molecule has 0 unspecified atom stereocenters. The maximum atomic E-state index is 13.5. The lowest BCUT2D eigenvalue weighted by molar-refractivity contribution is -0.469. The van der Waals surface area contributed by atoms with Crippen molar-refractivity contribution in [2.24, 2.45) is 0 Å². The van der Waals surface area contributed by atoms with Crippen LogP contribution in [0.15, 0.2) is 53.3 Å². The van der Waals surface area contributed by atoms with Gasteiger partial charge in [0.1, 0.15) is 11.3 Å². The van der Waals surface area contributed by atoms with E-state index in [9.17, 15) is 18.0 Å². The van der Waals surface area contributed by atoms with E-state index < -0.39 is 23.0 Å². The van der Waals surface area contributed by atoms with Crippen molar-refractivity contribution in [3.63, 3.8) is 0 Å². The molecule has 2 aromatic heterocycles. The maximum absolute atomic E-state index is 13.5. The van der Waals surface area contributed by atoms with Gasteiger partial charge in [0, 0.05) is 5.56 Å². The van der Waals surface area contributed by atoms with E-state index in [1.54, 1.807) is 55.6 Å². The van der Waals surface area contributed by atoms with Gasteiger partial charge in [-0.1, -0.05) is 23.5 Å². The molecule has 0 saturated carbocycles. The van der Waals surface area contributed by atoms with Crippen LogP contribution in [0.5, 0.6) is 5.75 Å². The average Bonchev–Trinajstić information content (AvgIpc) is 3.29. The van der Waals surface area contributed by atoms with Crippen LogP contribution in [-0.4, -0.2) is 28.1 Å². The number of hydrogen-bond acceptors (Lipinski definition) is 4. The molecule has 154 valence electrons. The third kappa shape index (κ3) is 3.86. The molecular weight excluding hydrogens is 417 g/mol. The van der Waals surface area contributed by atoms with Crippen molar-refractivity contribution in [2.45, 2.75) is 12.7 Å². The molecule has 4 aromatic rings. The van der Waals surface area contributed by atoms with Crippen LogP contribution in [0.25, 0.3) is 15.3 Å². The van der Waals surface area contributed by atoms with Crippen LogP contribution in [0.1, 0.15) is 16.8 Å². The lowest BCUT2D eigenvalue weighted by atomic mass is 10.2. The zero-order valence-corrected chi connectivity index (χ0v) is 16.5. The number of fused-ring (bicyclic) bond motifs is 1. The minimum atomic E-state index is -4.73. The van der Waals surface area contributed by atoms with Crippen molar-refractivity contribution in [3.05, 3.63) is 75.7 Å². The minimum Gasteiger partial charge on any atom is -0.497 e. The quantitative estimate of drug-likeness (QED) is 0.475. The molecular formula is C20H16F3N4O2S+. The van der Waals surface area contributed by atoms with Crippen molar-refractivity contribution in [3.8, 4) is 10.9 Å². The number of benzene rings is 2. The molecule has 10 heteroatoms. The number of aromatic amines is 1. The second-order valence-electron chi connectivity index (χ2n) is 6.38. The summed E-state index contributed by atoms with van der Waals surface area (Å²) < 4.78 is 47.3. The van der Waals surface area contributed by atoms with Crippen molar-refractivity contribution in [2.75, 3.05) is 7.11 Å². The number of methoxy groups -OCH3 is 1. The van der Waals surface area contributed by atoms with E-state index in [1.165, 1.54) is 0 Å². The van der Waals surface area contributed by atoms with Gasteiger partial charge in [-0.2, -0.15) is 17.9 Å². The number of rotatable bonds is 5. The van der Waals surface area contributed by atoms with Crippen LogP contribution in [0, 0.1) is 0 Å². The summed E-state index contributed by atoms with van der Waals surface area (Å²) in [6, 6.07) is 14.1. The van der Waals surface area contributed by atoms with Gasteiger partial charge in [0.05, 0.1) is 17.3 Å². The Hall–Kier alpha value is -3.40. The fourth-order valence-corrected chi connectivity index (χ4v) is 3.83. The molecule has 0 aliphatic rings. The van der Waals surface area contributed by atoms with Gasteiger partial charge in [0.2, 0.25) is 5.13 Å². The van der Waals surface area contributed by atoms with Crippen LogP contribution in [0.4, 0.5) is 13.2 Å². The van der Waals surface area contributed by atoms with Crippen LogP contribution in [0.2, 0.25) is 0 Å². The number of thiazole rings is 1. The van der Waals surface area contributed by atoms with Gasteiger partial charge < -0.3 is 4.74 Å². The highest BCUT2D eigenvalue weighted by Crippen LogP contribution is 2.30. The van der Waals surface area contributed by atoms with E-state index in [4.69, 9.17) is 4.74 Å². The highest BCUT2D eigenvalue weighted by molar-refractivity contribution is 7.20. The minimum absolute atomic E-state index is 0.140. The summed E-state index contributed by atoms with van der Waals surface area (Å²) in [4.78, 5) is 19.8. The number of H-pyrrole nitrogens is 1. The Labute approximate surface area is 172 Å². The molecule has 0 saturated heterocycles. The zero-order valence-electron chi connectivity index (χ0n) is 15.7. The van der Waals surface area contributed by atoms with Gasteiger partial charge >= 0.3 is 6.18 Å². The third-order valence-electron chi connectivity index (χ3n) is 4.40. The molecule has 2 N–H and O–H groups in total. The number of aromatic nitrogens is 3. The Morgan fingerprint density at radius 3 is 2.60 bits per heavy atom. The van der Waals surface area contributed by atoms with Crippen molar-refractivity contribution in [1.29, 1.82) is 0 Å². The number of nitrogens with zero attached hydrogens (tertiary/aromatic N) is 2. The number of nitrogens with one attached hydrogen (secondary N) is 2. The Kier molecular flexibility index (Phi) is 5.17. The third-order valence-corrected chi connectivity index (χ3v) is 5.42. The average molecular weight is 433 g/mol. The van der Waals surface area contributed by atoms with E-state index in [2.05, 4.69) is 15.1 Å². The van der Waals surface area contributed by atoms with Crippen LogP contribution in [0.3, 0.4) is 0 Å². The highest BCUT2D eigenvalue weighted by atomic mass is 32.1. The molecule has 0 bridgehead atoms. The van der Waals surface area contributed by atoms with E-state index in [0.717, 1.165) is 32.5 Å². The molecule has 0 radical (unpaired) electrons. The molecule has 0 fully saturated rings. The van der Waals surface area contributed by atoms with E-state index in [0.29, 0.717) is 11.3 Å². The first-order valence-electron chi connectivity index (χ1n) is 8.84. The van der Waals surface area contributed by atoms with Crippen molar-refractivity contribution in [1.82, 2.24) is 14.8 Å². The summed E-state index contributed by atoms with van der Waals surface area (Å²) in [6.07, 6.45) is -3.65. The summed E-state index contributed by atoms with van der Waals surface area (Å²) in [5, 5.41) is 2.31. The standard InChI is InChI=1S/C20H15F3N4O2S/c1-29-13-8-6-12(7-9-13)10-24-11-14-17(20(21,22)23)26-27(18(14)28)19-25-15-4-2-3-5-16(15)30-19/h2-9,11,26H,10H2,1H3/p+1. The fourth-order valence-electron chi connectivity index (χ4n) is 2.90. The smallest absolute Gasteiger partial charge is 0.433 e. The molecule has 0 aliphatic heterocycles. The molecule has 2 heterocycles.